The van der Waals surface area contributed by atoms with Gasteiger partial charge in [-0.25, -0.2) is 0 Å². The summed E-state index contributed by atoms with van der Waals surface area (Å²) in [5.74, 6) is 0. The smallest absolute Gasteiger partial charge is 0.0596 e. The molecule has 0 amide bonds. The maximum absolute atomic E-state index is 5.53. The Morgan fingerprint density at radius 1 is 1.25 bits per heavy atom. The summed E-state index contributed by atoms with van der Waals surface area (Å²) >= 11 is 0. The van der Waals surface area contributed by atoms with Gasteiger partial charge in [-0.2, -0.15) is 0 Å². The molecule has 3 nitrogen and oxygen atoms in total. The van der Waals surface area contributed by atoms with Crippen LogP contribution in [0.5, 0.6) is 0 Å². The molecule has 0 heterocycles. The summed E-state index contributed by atoms with van der Waals surface area (Å²) in [6, 6.07) is 0.792. The van der Waals surface area contributed by atoms with Gasteiger partial charge in [-0.1, -0.05) is 12.8 Å². The van der Waals surface area contributed by atoms with E-state index in [-0.39, 0.29) is 0 Å². The van der Waals surface area contributed by atoms with Crippen molar-refractivity contribution in [2.45, 2.75) is 51.7 Å². The normalized spacial score (nSPS) is 17.8. The van der Waals surface area contributed by atoms with Gasteiger partial charge in [-0.3, -0.25) is 0 Å². The van der Waals surface area contributed by atoms with E-state index < -0.39 is 0 Å². The van der Waals surface area contributed by atoms with Crippen LogP contribution >= 0.6 is 0 Å². The van der Waals surface area contributed by atoms with Crippen LogP contribution in [0.15, 0.2) is 0 Å². The molecule has 96 valence electrons. The molecule has 1 fully saturated rings. The van der Waals surface area contributed by atoms with Crippen LogP contribution in [0, 0.1) is 0 Å². The van der Waals surface area contributed by atoms with E-state index in [0.717, 1.165) is 32.3 Å². The topological polar surface area (TPSA) is 24.5 Å². The van der Waals surface area contributed by atoms with Crippen LogP contribution in [0.4, 0.5) is 0 Å². The number of rotatable bonds is 8. The lowest BCUT2D eigenvalue weighted by Crippen LogP contribution is -2.35. The van der Waals surface area contributed by atoms with Crippen molar-refractivity contribution in [3.8, 4) is 0 Å². The van der Waals surface area contributed by atoms with Crippen molar-refractivity contribution >= 4 is 0 Å². The summed E-state index contributed by atoms with van der Waals surface area (Å²) in [7, 11) is 2.17. The van der Waals surface area contributed by atoms with Gasteiger partial charge in [0.1, 0.15) is 0 Å². The fourth-order valence-electron chi connectivity index (χ4n) is 2.15. The summed E-state index contributed by atoms with van der Waals surface area (Å²) in [6.07, 6.45) is 5.93. The van der Waals surface area contributed by atoms with Crippen molar-refractivity contribution in [3.63, 3.8) is 0 Å². The van der Waals surface area contributed by atoms with E-state index in [4.69, 9.17) is 4.74 Å². The molecule has 16 heavy (non-hydrogen) atoms. The average molecular weight is 228 g/mol. The summed E-state index contributed by atoms with van der Waals surface area (Å²) in [5.41, 5.74) is 0. The fraction of sp³-hybridized carbons (Fsp3) is 1.00. The van der Waals surface area contributed by atoms with Crippen molar-refractivity contribution < 1.29 is 4.74 Å². The fourth-order valence-corrected chi connectivity index (χ4v) is 2.15. The van der Waals surface area contributed by atoms with Crippen LogP contribution in [0.25, 0.3) is 0 Å². The molecule has 3 heteroatoms. The standard InChI is InChI=1S/C13H28N2O/c1-12(2)16-11-10-15(3)9-8-14-13-6-4-5-7-13/h12-14H,4-11H2,1-3H3. The zero-order valence-corrected chi connectivity index (χ0v) is 11.2. The SMILES string of the molecule is CC(C)OCCN(C)CCNC1CCCC1. The lowest BCUT2D eigenvalue weighted by molar-refractivity contribution is 0.0639. The highest BCUT2D eigenvalue weighted by atomic mass is 16.5. The Hall–Kier alpha value is -0.120. The minimum absolute atomic E-state index is 0.352. The van der Waals surface area contributed by atoms with Crippen molar-refractivity contribution in [2.24, 2.45) is 0 Å². The molecule has 0 aromatic heterocycles. The molecule has 1 aliphatic carbocycles. The summed E-state index contributed by atoms with van der Waals surface area (Å²) < 4.78 is 5.53. The van der Waals surface area contributed by atoms with E-state index in [1.165, 1.54) is 25.7 Å². The Labute approximate surface area is 101 Å². The first-order chi connectivity index (χ1) is 7.68. The molecule has 0 spiro atoms. The van der Waals surface area contributed by atoms with Crippen LogP contribution in [0.2, 0.25) is 0 Å². The monoisotopic (exact) mass is 228 g/mol. The number of ether oxygens (including phenoxy) is 1. The lowest BCUT2D eigenvalue weighted by Gasteiger charge is -2.19. The highest BCUT2D eigenvalue weighted by molar-refractivity contribution is 4.73. The van der Waals surface area contributed by atoms with Gasteiger partial charge in [0.25, 0.3) is 0 Å². The molecule has 0 radical (unpaired) electrons. The number of nitrogens with one attached hydrogen (secondary N) is 1. The highest BCUT2D eigenvalue weighted by Gasteiger charge is 2.13. The van der Waals surface area contributed by atoms with E-state index in [0.29, 0.717) is 6.10 Å². The van der Waals surface area contributed by atoms with Crippen LogP contribution < -0.4 is 5.32 Å². The Bertz CT molecular complexity index is 167. The van der Waals surface area contributed by atoms with Gasteiger partial charge in [0, 0.05) is 25.7 Å². The third-order valence-corrected chi connectivity index (χ3v) is 3.21. The van der Waals surface area contributed by atoms with E-state index in [9.17, 15) is 0 Å². The zero-order chi connectivity index (χ0) is 11.8. The quantitative estimate of drug-likeness (QED) is 0.686. The molecule has 0 saturated heterocycles. The summed E-state index contributed by atoms with van der Waals surface area (Å²) in [5, 5.41) is 3.63. The minimum atomic E-state index is 0.352. The second-order valence-electron chi connectivity index (χ2n) is 5.16. The van der Waals surface area contributed by atoms with Gasteiger partial charge in [0.05, 0.1) is 12.7 Å². The van der Waals surface area contributed by atoms with Crippen LogP contribution in [-0.2, 0) is 4.74 Å². The highest BCUT2D eigenvalue weighted by Crippen LogP contribution is 2.17. The first-order valence-electron chi connectivity index (χ1n) is 6.72. The lowest BCUT2D eigenvalue weighted by atomic mass is 10.2. The van der Waals surface area contributed by atoms with Gasteiger partial charge in [0.15, 0.2) is 0 Å². The predicted octanol–water partition coefficient (Wildman–Crippen LogP) is 1.88. The second kappa shape index (κ2) is 8.04. The van der Waals surface area contributed by atoms with E-state index in [1.807, 2.05) is 0 Å². The molecule has 0 atom stereocenters. The molecule has 1 rings (SSSR count). The van der Waals surface area contributed by atoms with Crippen molar-refractivity contribution in [3.05, 3.63) is 0 Å². The minimum Gasteiger partial charge on any atom is -0.377 e. The van der Waals surface area contributed by atoms with E-state index in [1.54, 1.807) is 0 Å². The van der Waals surface area contributed by atoms with Gasteiger partial charge in [-0.15, -0.1) is 0 Å². The zero-order valence-electron chi connectivity index (χ0n) is 11.2. The third kappa shape index (κ3) is 6.46. The van der Waals surface area contributed by atoms with Gasteiger partial charge in [-0.05, 0) is 33.7 Å². The van der Waals surface area contributed by atoms with Crippen LogP contribution in [0.3, 0.4) is 0 Å². The predicted molar refractivity (Wildman–Crippen MR) is 68.8 cm³/mol. The Balaban J connectivity index is 1.91. The van der Waals surface area contributed by atoms with Crippen molar-refractivity contribution in [2.75, 3.05) is 33.3 Å². The van der Waals surface area contributed by atoms with Gasteiger partial charge in [0.2, 0.25) is 0 Å². The largest absolute Gasteiger partial charge is 0.377 e. The Kier molecular flexibility index (Phi) is 7.01. The molecule has 1 N–H and O–H groups in total. The molecule has 0 aromatic rings. The Morgan fingerprint density at radius 2 is 1.94 bits per heavy atom. The second-order valence-corrected chi connectivity index (χ2v) is 5.16. The van der Waals surface area contributed by atoms with Crippen molar-refractivity contribution in [1.82, 2.24) is 10.2 Å². The molecule has 1 aliphatic rings. The maximum atomic E-state index is 5.53. The molecule has 1 saturated carbocycles. The summed E-state index contributed by atoms with van der Waals surface area (Å²) in [4.78, 5) is 2.34. The maximum Gasteiger partial charge on any atom is 0.0596 e. The summed E-state index contributed by atoms with van der Waals surface area (Å²) in [6.45, 7) is 8.28. The molecule has 0 unspecified atom stereocenters. The van der Waals surface area contributed by atoms with Crippen LogP contribution in [0.1, 0.15) is 39.5 Å². The number of likely N-dealkylation sites (N-methyl/N-ethyl adjacent to an activating group) is 1. The van der Waals surface area contributed by atoms with Crippen LogP contribution in [-0.4, -0.2) is 50.3 Å². The van der Waals surface area contributed by atoms with Gasteiger partial charge >= 0.3 is 0 Å². The number of nitrogens with zero attached hydrogens (tertiary/aromatic N) is 1. The molecular weight excluding hydrogens is 200 g/mol. The first-order valence-corrected chi connectivity index (χ1v) is 6.72. The van der Waals surface area contributed by atoms with E-state index >= 15 is 0 Å². The molecule has 0 bridgehead atoms. The molecular formula is C13H28N2O. The number of hydrogen-bond acceptors (Lipinski definition) is 3. The van der Waals surface area contributed by atoms with Gasteiger partial charge < -0.3 is 15.0 Å². The molecule has 0 aromatic carbocycles. The number of hydrogen-bond donors (Lipinski definition) is 1. The van der Waals surface area contributed by atoms with E-state index in [2.05, 4.69) is 31.1 Å². The molecule has 0 aliphatic heterocycles. The average Bonchev–Trinajstić information content (AvgIpc) is 2.70. The van der Waals surface area contributed by atoms with Crippen molar-refractivity contribution in [1.29, 1.82) is 0 Å². The Morgan fingerprint density at radius 3 is 2.56 bits per heavy atom. The first kappa shape index (κ1) is 13.9. The third-order valence-electron chi connectivity index (χ3n) is 3.21.